The van der Waals surface area contributed by atoms with Gasteiger partial charge in [0.2, 0.25) is 0 Å². The summed E-state index contributed by atoms with van der Waals surface area (Å²) in [5, 5.41) is 17.1. The number of thioether (sulfide) groups is 1. The van der Waals surface area contributed by atoms with Crippen LogP contribution in [0.3, 0.4) is 0 Å². The van der Waals surface area contributed by atoms with E-state index in [0.717, 1.165) is 11.8 Å². The van der Waals surface area contributed by atoms with Gasteiger partial charge in [0.15, 0.2) is 5.12 Å². The molecule has 0 aliphatic heterocycles. The lowest BCUT2D eigenvalue weighted by Crippen LogP contribution is -2.43. The second kappa shape index (κ2) is 6.41. The van der Waals surface area contributed by atoms with Crippen LogP contribution in [0, 0.1) is 5.92 Å². The molecule has 0 amide bonds. The van der Waals surface area contributed by atoms with Crippen molar-refractivity contribution in [1.29, 1.82) is 0 Å². The normalized spacial score (nSPS) is 14.3. The van der Waals surface area contributed by atoms with E-state index in [2.05, 4.69) is 0 Å². The maximum absolute atomic E-state index is 10.9. The zero-order valence-corrected chi connectivity index (χ0v) is 8.99. The van der Waals surface area contributed by atoms with Crippen LogP contribution in [0.15, 0.2) is 0 Å². The Balaban J connectivity index is 4.35. The highest BCUT2D eigenvalue weighted by atomic mass is 32.2. The second-order valence-electron chi connectivity index (χ2n) is 2.85. The van der Waals surface area contributed by atoms with Gasteiger partial charge in [-0.05, 0) is 0 Å². The van der Waals surface area contributed by atoms with Crippen molar-refractivity contribution in [2.75, 3.05) is 5.75 Å². The van der Waals surface area contributed by atoms with Crippen molar-refractivity contribution < 1.29 is 24.6 Å². The van der Waals surface area contributed by atoms with Gasteiger partial charge in [0.25, 0.3) is 0 Å². The van der Waals surface area contributed by atoms with Gasteiger partial charge in [-0.3, -0.25) is 14.4 Å². The second-order valence-corrected chi connectivity index (χ2v) is 3.92. The summed E-state index contributed by atoms with van der Waals surface area (Å²) in [6.07, 6.45) is 0.277. The summed E-state index contributed by atoms with van der Waals surface area (Å²) >= 11 is 0.796. The first-order valence-corrected chi connectivity index (χ1v) is 5.25. The van der Waals surface area contributed by atoms with Crippen LogP contribution in [0.25, 0.3) is 0 Å². The maximum Gasteiger partial charge on any atom is 0.321 e. The van der Waals surface area contributed by atoms with Crippen LogP contribution in [-0.4, -0.2) is 39.1 Å². The molecule has 0 spiro atoms. The summed E-state index contributed by atoms with van der Waals surface area (Å²) in [5.41, 5.74) is 5.18. The number of carboxylic acid groups (broad SMARTS) is 2. The average molecular weight is 235 g/mol. The van der Waals surface area contributed by atoms with Crippen LogP contribution in [0.5, 0.6) is 0 Å². The summed E-state index contributed by atoms with van der Waals surface area (Å²) in [5.74, 6) is -4.05. The zero-order valence-electron chi connectivity index (χ0n) is 8.17. The molecule has 6 nitrogen and oxygen atoms in total. The van der Waals surface area contributed by atoms with E-state index in [9.17, 15) is 14.4 Å². The summed E-state index contributed by atoms with van der Waals surface area (Å²) < 4.78 is 0. The fraction of sp³-hybridized carbons (Fsp3) is 0.625. The molecule has 0 heterocycles. The van der Waals surface area contributed by atoms with E-state index >= 15 is 0 Å². The molecule has 0 aromatic carbocycles. The van der Waals surface area contributed by atoms with Crippen molar-refractivity contribution in [2.24, 2.45) is 11.7 Å². The van der Waals surface area contributed by atoms with Gasteiger partial charge in [0.1, 0.15) is 6.04 Å². The van der Waals surface area contributed by atoms with Crippen LogP contribution < -0.4 is 5.73 Å². The molecule has 2 atom stereocenters. The Morgan fingerprint density at radius 1 is 1.27 bits per heavy atom. The Bertz CT molecular complexity index is 268. The highest BCUT2D eigenvalue weighted by Crippen LogP contribution is 2.14. The molecule has 86 valence electrons. The number of carbonyl (C=O) groups excluding carboxylic acids is 1. The van der Waals surface area contributed by atoms with E-state index in [-0.39, 0.29) is 17.3 Å². The first-order chi connectivity index (χ1) is 6.90. The van der Waals surface area contributed by atoms with E-state index in [1.165, 1.54) is 0 Å². The highest BCUT2D eigenvalue weighted by Gasteiger charge is 2.30. The predicted molar refractivity (Wildman–Crippen MR) is 54.5 cm³/mol. The van der Waals surface area contributed by atoms with Crippen molar-refractivity contribution in [3.8, 4) is 0 Å². The molecule has 0 saturated carbocycles. The first kappa shape index (κ1) is 13.9. The van der Waals surface area contributed by atoms with Gasteiger partial charge in [-0.25, -0.2) is 0 Å². The lowest BCUT2D eigenvalue weighted by Gasteiger charge is -2.15. The monoisotopic (exact) mass is 235 g/mol. The number of nitrogens with two attached hydrogens (primary N) is 1. The molecule has 0 rings (SSSR count). The molecule has 0 aliphatic rings. The molecule has 0 saturated heterocycles. The average Bonchev–Trinajstić information content (AvgIpc) is 2.16. The third-order valence-corrected chi connectivity index (χ3v) is 2.88. The molecular weight excluding hydrogens is 222 g/mol. The van der Waals surface area contributed by atoms with Crippen molar-refractivity contribution in [3.05, 3.63) is 0 Å². The van der Waals surface area contributed by atoms with E-state index < -0.39 is 23.9 Å². The number of hydrogen-bond donors (Lipinski definition) is 3. The molecule has 2 unspecified atom stereocenters. The van der Waals surface area contributed by atoms with E-state index in [1.54, 1.807) is 6.92 Å². The SMILES string of the molecule is CCC(=O)SCC(C(=O)O)C(N)C(=O)O. The van der Waals surface area contributed by atoms with Crippen molar-refractivity contribution >= 4 is 28.8 Å². The standard InChI is InChI=1S/C8H13NO5S/c1-2-5(10)15-3-4(7(11)12)6(9)8(13)14/h4,6H,2-3,9H2,1H3,(H,11,12)(H,13,14). The molecule has 0 aliphatic carbocycles. The summed E-state index contributed by atoms with van der Waals surface area (Å²) in [6.45, 7) is 1.64. The van der Waals surface area contributed by atoms with Gasteiger partial charge >= 0.3 is 11.9 Å². The number of aliphatic carboxylic acids is 2. The molecule has 4 N–H and O–H groups in total. The Kier molecular flexibility index (Phi) is 5.95. The lowest BCUT2D eigenvalue weighted by molar-refractivity contribution is -0.149. The number of carboxylic acids is 2. The van der Waals surface area contributed by atoms with Gasteiger partial charge < -0.3 is 15.9 Å². The minimum atomic E-state index is -1.49. The number of rotatable bonds is 6. The third kappa shape index (κ3) is 4.80. The fourth-order valence-corrected chi connectivity index (χ4v) is 1.70. The molecule has 7 heteroatoms. The Morgan fingerprint density at radius 2 is 1.80 bits per heavy atom. The summed E-state index contributed by atoms with van der Waals surface area (Å²) in [6, 6.07) is -1.49. The minimum absolute atomic E-state index is 0.116. The van der Waals surface area contributed by atoms with Crippen molar-refractivity contribution in [1.82, 2.24) is 0 Å². The Hall–Kier alpha value is -1.08. The summed E-state index contributed by atoms with van der Waals surface area (Å²) in [4.78, 5) is 32.1. The van der Waals surface area contributed by atoms with Gasteiger partial charge in [-0.1, -0.05) is 18.7 Å². The number of hydrogen-bond acceptors (Lipinski definition) is 5. The van der Waals surface area contributed by atoms with Crippen molar-refractivity contribution in [3.63, 3.8) is 0 Å². The van der Waals surface area contributed by atoms with Gasteiger partial charge in [-0.15, -0.1) is 0 Å². The van der Waals surface area contributed by atoms with Crippen LogP contribution in [0.2, 0.25) is 0 Å². The van der Waals surface area contributed by atoms with Gasteiger partial charge in [0, 0.05) is 12.2 Å². The Morgan fingerprint density at radius 3 is 2.13 bits per heavy atom. The van der Waals surface area contributed by atoms with E-state index in [0.29, 0.717) is 0 Å². The highest BCUT2D eigenvalue weighted by molar-refractivity contribution is 8.13. The van der Waals surface area contributed by atoms with E-state index in [4.69, 9.17) is 15.9 Å². The van der Waals surface area contributed by atoms with Crippen LogP contribution in [-0.2, 0) is 14.4 Å². The molecular formula is C8H13NO5S. The molecule has 0 bridgehead atoms. The summed E-state index contributed by atoms with van der Waals surface area (Å²) in [7, 11) is 0. The predicted octanol–water partition coefficient (Wildman–Crippen LogP) is -0.231. The Labute approximate surface area is 90.8 Å². The topological polar surface area (TPSA) is 118 Å². The van der Waals surface area contributed by atoms with Gasteiger partial charge in [-0.2, -0.15) is 0 Å². The van der Waals surface area contributed by atoms with Crippen LogP contribution in [0.1, 0.15) is 13.3 Å². The third-order valence-electron chi connectivity index (χ3n) is 1.75. The molecule has 0 radical (unpaired) electrons. The molecule has 0 aromatic rings. The van der Waals surface area contributed by atoms with Crippen LogP contribution in [0.4, 0.5) is 0 Å². The molecule has 15 heavy (non-hydrogen) atoms. The lowest BCUT2D eigenvalue weighted by atomic mass is 10.0. The zero-order chi connectivity index (χ0) is 12.0. The maximum atomic E-state index is 10.9. The number of carbonyl (C=O) groups is 3. The quantitative estimate of drug-likeness (QED) is 0.581. The van der Waals surface area contributed by atoms with Crippen molar-refractivity contribution in [2.45, 2.75) is 19.4 Å². The smallest absolute Gasteiger partial charge is 0.321 e. The first-order valence-electron chi connectivity index (χ1n) is 4.27. The molecule has 0 aromatic heterocycles. The minimum Gasteiger partial charge on any atom is -0.481 e. The van der Waals surface area contributed by atoms with Crippen LogP contribution >= 0.6 is 11.8 Å². The van der Waals surface area contributed by atoms with E-state index in [1.807, 2.05) is 0 Å². The largest absolute Gasteiger partial charge is 0.481 e. The fourth-order valence-electron chi connectivity index (χ4n) is 0.785. The molecule has 0 fully saturated rings. The van der Waals surface area contributed by atoms with Gasteiger partial charge in [0.05, 0.1) is 5.92 Å².